The fraction of sp³-hybridized carbons (Fsp3) is 0.350. The van der Waals surface area contributed by atoms with Crippen LogP contribution in [0.2, 0.25) is 0 Å². The molecule has 1 saturated carbocycles. The Labute approximate surface area is 193 Å². The first kappa shape index (κ1) is 23.8. The molecule has 1 aliphatic heterocycles. The smallest absolute Gasteiger partial charge is 0.406 e. The second-order valence-electron chi connectivity index (χ2n) is 8.11. The van der Waals surface area contributed by atoms with Crippen LogP contribution in [0.3, 0.4) is 0 Å². The average Bonchev–Trinajstić information content (AvgIpc) is 3.35. The molecule has 2 aromatic rings. The molecule has 34 heavy (non-hydrogen) atoms. The van der Waals surface area contributed by atoms with Gasteiger partial charge in [0.05, 0.1) is 23.3 Å². The third-order valence-corrected chi connectivity index (χ3v) is 7.15. The van der Waals surface area contributed by atoms with Crippen LogP contribution in [0.1, 0.15) is 13.3 Å². The molecule has 3 amide bonds. The highest BCUT2D eigenvalue weighted by molar-refractivity contribution is 7.90. The minimum atomic E-state index is -4.89. The molecular weight excluding hydrogens is 479 g/mol. The van der Waals surface area contributed by atoms with E-state index in [2.05, 4.69) is 14.4 Å². The lowest BCUT2D eigenvalue weighted by Gasteiger charge is -2.25. The maximum absolute atomic E-state index is 13.5. The minimum absolute atomic E-state index is 0.00778. The summed E-state index contributed by atoms with van der Waals surface area (Å²) in [4.78, 5) is 32.9. The summed E-state index contributed by atoms with van der Waals surface area (Å²) in [5.41, 5.74) is -1.08. The lowest BCUT2D eigenvalue weighted by molar-refractivity contribution is -0.274. The topological polar surface area (TPSA) is 112 Å². The zero-order valence-electron chi connectivity index (χ0n) is 18.2. The highest BCUT2D eigenvalue weighted by atomic mass is 32.2. The Kier molecular flexibility index (Phi) is 5.48. The van der Waals surface area contributed by atoms with Gasteiger partial charge in [0.15, 0.2) is 0 Å². The van der Waals surface area contributed by atoms with E-state index in [1.807, 2.05) is 0 Å². The van der Waals surface area contributed by atoms with Gasteiger partial charge in [0.1, 0.15) is 11.3 Å². The van der Waals surface area contributed by atoms with Crippen molar-refractivity contribution in [1.82, 2.24) is 9.29 Å². The fourth-order valence-electron chi connectivity index (χ4n) is 3.90. The van der Waals surface area contributed by atoms with Crippen LogP contribution < -0.4 is 19.3 Å². The van der Waals surface area contributed by atoms with Crippen LogP contribution in [0.25, 0.3) is 0 Å². The number of carbonyl (C=O) groups is 2. The Balaban J connectivity index is 1.73. The Morgan fingerprint density at radius 1 is 1.18 bits per heavy atom. The number of hydrogen-bond acceptors (Lipinski definition) is 6. The number of urea groups is 1. The van der Waals surface area contributed by atoms with E-state index in [0.29, 0.717) is 6.42 Å². The fourth-order valence-corrected chi connectivity index (χ4v) is 4.52. The number of ether oxygens (including phenoxy) is 1. The molecular formula is C20H20F3N5O5S. The van der Waals surface area contributed by atoms with E-state index in [1.54, 1.807) is 6.92 Å². The van der Waals surface area contributed by atoms with Gasteiger partial charge in [-0.1, -0.05) is 6.92 Å². The summed E-state index contributed by atoms with van der Waals surface area (Å²) < 4.78 is 69.3. The first-order valence-corrected chi connectivity index (χ1v) is 11.4. The number of hydrogen-bond donors (Lipinski definition) is 1. The van der Waals surface area contributed by atoms with Crippen molar-refractivity contribution in [3.05, 3.63) is 42.7 Å². The number of imide groups is 1. The molecule has 4 rings (SSSR count). The maximum atomic E-state index is 13.5. The summed E-state index contributed by atoms with van der Waals surface area (Å²) in [6.07, 6.45) is -1.98. The predicted molar refractivity (Wildman–Crippen MR) is 115 cm³/mol. The van der Waals surface area contributed by atoms with Crippen molar-refractivity contribution in [2.45, 2.75) is 25.2 Å². The maximum Gasteiger partial charge on any atom is 0.573 e. The van der Waals surface area contributed by atoms with Gasteiger partial charge < -0.3 is 4.74 Å². The molecule has 10 nitrogen and oxygen atoms in total. The van der Waals surface area contributed by atoms with Gasteiger partial charge in [0.2, 0.25) is 0 Å². The van der Waals surface area contributed by atoms with Crippen molar-refractivity contribution in [3.63, 3.8) is 0 Å². The van der Waals surface area contributed by atoms with Crippen molar-refractivity contribution in [1.29, 1.82) is 0 Å². The Bertz CT molecular complexity index is 1250. The second-order valence-corrected chi connectivity index (χ2v) is 10.00. The van der Waals surface area contributed by atoms with Gasteiger partial charge in [-0.3, -0.25) is 19.4 Å². The van der Waals surface area contributed by atoms with Crippen LogP contribution in [-0.2, 0) is 15.0 Å². The third kappa shape index (κ3) is 3.92. The number of anilines is 3. The van der Waals surface area contributed by atoms with Gasteiger partial charge in [-0.05, 0) is 42.7 Å². The van der Waals surface area contributed by atoms with E-state index >= 15 is 0 Å². The quantitative estimate of drug-likeness (QED) is 0.612. The summed E-state index contributed by atoms with van der Waals surface area (Å²) >= 11 is 0. The summed E-state index contributed by atoms with van der Waals surface area (Å²) in [5, 5.41) is 0. The van der Waals surface area contributed by atoms with Gasteiger partial charge in [0, 0.05) is 20.3 Å². The molecule has 182 valence electrons. The average molecular weight is 499 g/mol. The van der Waals surface area contributed by atoms with Gasteiger partial charge in [0.25, 0.3) is 5.91 Å². The molecule has 1 spiro atoms. The predicted octanol–water partition coefficient (Wildman–Crippen LogP) is 2.95. The first-order valence-electron chi connectivity index (χ1n) is 9.97. The van der Waals surface area contributed by atoms with Crippen LogP contribution >= 0.6 is 0 Å². The zero-order chi connectivity index (χ0) is 25.1. The van der Waals surface area contributed by atoms with Gasteiger partial charge in [-0.25, -0.2) is 9.69 Å². The van der Waals surface area contributed by atoms with Crippen LogP contribution in [0, 0.1) is 5.92 Å². The lowest BCUT2D eigenvalue weighted by Crippen LogP contribution is -2.40. The molecule has 14 heteroatoms. The second kappa shape index (κ2) is 7.84. The van der Waals surface area contributed by atoms with E-state index in [0.717, 1.165) is 21.3 Å². The SMILES string of the molecule is CC1CC12C(=O)N(c1ccc(OC(F)(F)F)cc1)C(=O)N2c1ccncc1NS(=O)(=O)N(C)C. The van der Waals surface area contributed by atoms with Crippen molar-refractivity contribution < 1.29 is 35.9 Å². The molecule has 2 atom stereocenters. The molecule has 0 bridgehead atoms. The molecule has 0 radical (unpaired) electrons. The number of nitrogens with zero attached hydrogens (tertiary/aromatic N) is 4. The van der Waals surface area contributed by atoms with E-state index in [4.69, 9.17) is 0 Å². The third-order valence-electron chi connectivity index (χ3n) is 5.71. The van der Waals surface area contributed by atoms with Gasteiger partial charge in [-0.15, -0.1) is 13.2 Å². The summed E-state index contributed by atoms with van der Waals surface area (Å²) in [6.45, 7) is 1.77. The largest absolute Gasteiger partial charge is 0.573 e. The van der Waals surface area contributed by atoms with Gasteiger partial charge >= 0.3 is 22.6 Å². The van der Waals surface area contributed by atoms with E-state index in [1.165, 1.54) is 49.6 Å². The van der Waals surface area contributed by atoms with Crippen molar-refractivity contribution >= 4 is 39.2 Å². The summed E-state index contributed by atoms with van der Waals surface area (Å²) in [6, 6.07) is 4.98. The first-order chi connectivity index (χ1) is 15.8. The number of pyridine rings is 1. The van der Waals surface area contributed by atoms with Crippen molar-refractivity contribution in [3.8, 4) is 5.75 Å². The summed E-state index contributed by atoms with van der Waals surface area (Å²) in [5.74, 6) is -1.31. The molecule has 1 saturated heterocycles. The molecule has 2 aliphatic rings. The van der Waals surface area contributed by atoms with Crippen LogP contribution in [0.5, 0.6) is 5.75 Å². The minimum Gasteiger partial charge on any atom is -0.406 e. The number of benzene rings is 1. The molecule has 1 N–H and O–H groups in total. The van der Waals surface area contributed by atoms with Crippen LogP contribution in [0.15, 0.2) is 42.7 Å². The Hall–Kier alpha value is -3.39. The number of aromatic nitrogens is 1. The van der Waals surface area contributed by atoms with E-state index < -0.39 is 39.8 Å². The van der Waals surface area contributed by atoms with Crippen molar-refractivity contribution in [2.75, 3.05) is 28.6 Å². The highest BCUT2D eigenvalue weighted by Gasteiger charge is 2.71. The molecule has 2 heterocycles. The Morgan fingerprint density at radius 3 is 2.32 bits per heavy atom. The Morgan fingerprint density at radius 2 is 1.79 bits per heavy atom. The number of alkyl halides is 3. The molecule has 1 aromatic carbocycles. The van der Waals surface area contributed by atoms with Crippen LogP contribution in [0.4, 0.5) is 35.0 Å². The zero-order valence-corrected chi connectivity index (χ0v) is 19.0. The number of carbonyl (C=O) groups excluding carboxylic acids is 2. The van der Waals surface area contributed by atoms with Crippen LogP contribution in [-0.4, -0.2) is 55.6 Å². The highest BCUT2D eigenvalue weighted by Crippen LogP contribution is 2.56. The number of halogens is 3. The molecule has 2 fully saturated rings. The van der Waals surface area contributed by atoms with E-state index in [-0.39, 0.29) is 23.0 Å². The lowest BCUT2D eigenvalue weighted by atomic mass is 10.1. The normalized spacial score (nSPS) is 22.6. The molecule has 1 aliphatic carbocycles. The number of nitrogens with one attached hydrogen (secondary N) is 1. The molecule has 2 unspecified atom stereocenters. The van der Waals surface area contributed by atoms with Crippen molar-refractivity contribution in [2.24, 2.45) is 5.92 Å². The molecule has 1 aromatic heterocycles. The summed E-state index contributed by atoms with van der Waals surface area (Å²) in [7, 11) is -1.31. The number of amides is 3. The van der Waals surface area contributed by atoms with E-state index in [9.17, 15) is 31.2 Å². The van der Waals surface area contributed by atoms with Gasteiger partial charge in [-0.2, -0.15) is 12.7 Å². The monoisotopic (exact) mass is 499 g/mol. The standard InChI is InChI=1S/C20H20F3N5O5S/c1-12-10-19(12)17(29)27(13-4-6-14(7-5-13)33-20(21,22)23)18(30)28(19)16-8-9-24-11-15(16)25-34(31,32)26(2)3/h4-9,11-12,25H,10H2,1-3H3. The number of rotatable bonds is 6.